The number of hydrogen-bond acceptors (Lipinski definition) is 7. The van der Waals surface area contributed by atoms with Gasteiger partial charge in [0.05, 0.1) is 26.4 Å². The highest BCUT2D eigenvalue weighted by molar-refractivity contribution is 6.74. The lowest BCUT2D eigenvalue weighted by molar-refractivity contribution is -0.141. The number of ether oxygens (including phenoxy) is 4. The lowest BCUT2D eigenvalue weighted by Gasteiger charge is -2.39. The predicted octanol–water partition coefficient (Wildman–Crippen LogP) is 4.57. The minimum Gasteiger partial charge on any atom is -0.460 e. The Labute approximate surface area is 194 Å². The Kier molecular flexibility index (Phi) is 13.7. The summed E-state index contributed by atoms with van der Waals surface area (Å²) in [6, 6.07) is 0. The molecule has 0 bridgehead atoms. The molecule has 184 valence electrons. The topological polar surface area (TPSA) is 80.3 Å². The Balaban J connectivity index is 2.68. The highest BCUT2D eigenvalue weighted by atomic mass is 28.4. The number of hydrogen-bond donors (Lipinski definition) is 0. The van der Waals surface area contributed by atoms with Crippen molar-refractivity contribution in [2.75, 3.05) is 39.6 Å². The number of rotatable bonds is 2. The van der Waals surface area contributed by atoms with Crippen LogP contribution in [0.5, 0.6) is 0 Å². The van der Waals surface area contributed by atoms with Crippen molar-refractivity contribution in [1.29, 1.82) is 0 Å². The zero-order chi connectivity index (χ0) is 23.9. The molecule has 0 aromatic heterocycles. The van der Waals surface area contributed by atoms with Crippen molar-refractivity contribution in [2.45, 2.75) is 77.1 Å². The van der Waals surface area contributed by atoms with Crippen molar-refractivity contribution in [3.05, 3.63) is 24.3 Å². The van der Waals surface area contributed by atoms with Crippen LogP contribution in [0.25, 0.3) is 0 Å². The van der Waals surface area contributed by atoms with Crippen molar-refractivity contribution in [2.24, 2.45) is 0 Å². The number of esters is 2. The second-order valence-electron chi connectivity index (χ2n) is 9.37. The molecule has 1 aliphatic rings. The van der Waals surface area contributed by atoms with Gasteiger partial charge in [0.1, 0.15) is 13.2 Å². The van der Waals surface area contributed by atoms with Crippen LogP contribution in [0.1, 0.15) is 52.9 Å². The molecule has 0 aromatic rings. The van der Waals surface area contributed by atoms with Crippen molar-refractivity contribution in [3.63, 3.8) is 0 Å². The van der Waals surface area contributed by atoms with Gasteiger partial charge in [0.2, 0.25) is 0 Å². The van der Waals surface area contributed by atoms with Gasteiger partial charge in [0, 0.05) is 18.3 Å². The van der Waals surface area contributed by atoms with Gasteiger partial charge in [0.15, 0.2) is 8.32 Å². The molecular formula is C24H42O7Si. The van der Waals surface area contributed by atoms with E-state index in [2.05, 4.69) is 33.9 Å². The fourth-order valence-corrected chi connectivity index (χ4v) is 4.20. The number of allylic oxidation sites excluding steroid dienone is 2. The van der Waals surface area contributed by atoms with Crippen molar-refractivity contribution >= 4 is 20.3 Å². The summed E-state index contributed by atoms with van der Waals surface area (Å²) in [4.78, 5) is 23.6. The normalized spacial score (nSPS) is 24.3. The third-order valence-corrected chi connectivity index (χ3v) is 10.2. The summed E-state index contributed by atoms with van der Waals surface area (Å²) in [5, 5.41) is 0.128. The number of carbonyl (C=O) groups is 2. The van der Waals surface area contributed by atoms with Gasteiger partial charge in [-0.2, -0.15) is 0 Å². The molecule has 0 radical (unpaired) electrons. The van der Waals surface area contributed by atoms with Crippen molar-refractivity contribution in [1.82, 2.24) is 0 Å². The minimum absolute atomic E-state index is 0.111. The predicted molar refractivity (Wildman–Crippen MR) is 127 cm³/mol. The molecule has 1 aliphatic heterocycles. The Hall–Kier alpha value is -1.48. The summed E-state index contributed by atoms with van der Waals surface area (Å²) in [5.41, 5.74) is 0. The molecule has 8 heteroatoms. The number of cyclic esters (lactones) is 2. The van der Waals surface area contributed by atoms with Crippen LogP contribution in [0.2, 0.25) is 18.1 Å². The van der Waals surface area contributed by atoms with Crippen LogP contribution in [0.15, 0.2) is 24.3 Å². The van der Waals surface area contributed by atoms with E-state index in [4.69, 9.17) is 23.4 Å². The van der Waals surface area contributed by atoms with E-state index in [1.165, 1.54) is 12.2 Å². The maximum absolute atomic E-state index is 11.8. The van der Waals surface area contributed by atoms with Gasteiger partial charge in [-0.15, -0.1) is 0 Å². The first-order valence-electron chi connectivity index (χ1n) is 11.6. The molecule has 0 amide bonds. The lowest BCUT2D eigenvalue weighted by Crippen LogP contribution is -2.43. The van der Waals surface area contributed by atoms with Crippen LogP contribution in [0.3, 0.4) is 0 Å². The number of carbonyl (C=O) groups excluding carboxylic acids is 2. The van der Waals surface area contributed by atoms with Crippen LogP contribution in [-0.4, -0.2) is 66.0 Å². The van der Waals surface area contributed by atoms with Crippen molar-refractivity contribution < 1.29 is 33.0 Å². The summed E-state index contributed by atoms with van der Waals surface area (Å²) in [5.74, 6) is -0.714. The molecule has 0 aromatic carbocycles. The average molecular weight is 471 g/mol. The lowest BCUT2D eigenvalue weighted by atomic mass is 10.1. The zero-order valence-electron chi connectivity index (χ0n) is 20.5. The van der Waals surface area contributed by atoms with Crippen LogP contribution < -0.4 is 0 Å². The standard InChI is InChI=1S/C24H42O7Si/c1-24(2,3)32(4,5)31-21-11-7-6-8-13-22(25)29-19-17-27-15-16-28-18-20-30-23(26)14-10-9-12-21/h8,10,13-14,21H,6-7,9,11-12,15-20H2,1-5H3/b13-8+,14-10+. The molecule has 0 N–H and O–H groups in total. The first-order valence-corrected chi connectivity index (χ1v) is 14.5. The SMILES string of the molecule is CC(C)(C)[Si](C)(C)OC1CC/C=C/C(=O)OCCOCCOCCOC(=O)/C=C/CCC1. The Morgan fingerprint density at radius 2 is 1.31 bits per heavy atom. The summed E-state index contributed by atoms with van der Waals surface area (Å²) < 4.78 is 27.6. The van der Waals surface area contributed by atoms with Gasteiger partial charge in [-0.1, -0.05) is 32.9 Å². The Morgan fingerprint density at radius 3 is 1.84 bits per heavy atom. The molecule has 0 saturated heterocycles. The zero-order valence-corrected chi connectivity index (χ0v) is 21.5. The summed E-state index contributed by atoms with van der Waals surface area (Å²) in [7, 11) is -1.90. The van der Waals surface area contributed by atoms with Gasteiger partial charge < -0.3 is 23.4 Å². The molecule has 7 nitrogen and oxygen atoms in total. The van der Waals surface area contributed by atoms with E-state index in [0.29, 0.717) is 26.4 Å². The van der Waals surface area contributed by atoms with Crippen LogP contribution in [0, 0.1) is 0 Å². The molecule has 32 heavy (non-hydrogen) atoms. The van der Waals surface area contributed by atoms with E-state index >= 15 is 0 Å². The molecule has 0 aliphatic carbocycles. The average Bonchev–Trinajstić information content (AvgIpc) is 2.70. The first-order chi connectivity index (χ1) is 15.1. The molecule has 1 rings (SSSR count). The monoisotopic (exact) mass is 470 g/mol. The fourth-order valence-electron chi connectivity index (χ4n) is 2.78. The summed E-state index contributed by atoms with van der Waals surface area (Å²) in [6.07, 6.45) is 10.9. The van der Waals surface area contributed by atoms with Gasteiger partial charge in [-0.3, -0.25) is 0 Å². The maximum atomic E-state index is 11.8. The second-order valence-corrected chi connectivity index (χ2v) is 14.1. The molecule has 1 unspecified atom stereocenters. The van der Waals surface area contributed by atoms with Crippen LogP contribution in [-0.2, 0) is 33.0 Å². The first kappa shape index (κ1) is 28.5. The second kappa shape index (κ2) is 15.4. The summed E-state index contributed by atoms with van der Waals surface area (Å²) >= 11 is 0. The third-order valence-electron chi connectivity index (χ3n) is 5.64. The van der Waals surface area contributed by atoms with Crippen LogP contribution >= 0.6 is 0 Å². The Morgan fingerprint density at radius 1 is 0.812 bits per heavy atom. The molecular weight excluding hydrogens is 428 g/mol. The van der Waals surface area contributed by atoms with Gasteiger partial charge in [0.25, 0.3) is 0 Å². The fraction of sp³-hybridized carbons (Fsp3) is 0.750. The third kappa shape index (κ3) is 13.2. The Bertz CT molecular complexity index is 608. The molecule has 1 atom stereocenters. The highest BCUT2D eigenvalue weighted by Gasteiger charge is 2.38. The highest BCUT2D eigenvalue weighted by Crippen LogP contribution is 2.38. The maximum Gasteiger partial charge on any atom is 0.330 e. The molecule has 1 heterocycles. The summed E-state index contributed by atoms with van der Waals surface area (Å²) in [6.45, 7) is 13.0. The smallest absolute Gasteiger partial charge is 0.330 e. The molecule has 0 spiro atoms. The van der Waals surface area contributed by atoms with E-state index in [1.807, 2.05) is 12.2 Å². The van der Waals surface area contributed by atoms with E-state index in [0.717, 1.165) is 32.1 Å². The van der Waals surface area contributed by atoms with E-state index < -0.39 is 8.32 Å². The molecule has 0 saturated carbocycles. The van der Waals surface area contributed by atoms with Gasteiger partial charge >= 0.3 is 11.9 Å². The van der Waals surface area contributed by atoms with Gasteiger partial charge in [-0.05, 0) is 50.2 Å². The van der Waals surface area contributed by atoms with Gasteiger partial charge in [-0.25, -0.2) is 9.59 Å². The quantitative estimate of drug-likeness (QED) is 0.432. The largest absolute Gasteiger partial charge is 0.460 e. The van der Waals surface area contributed by atoms with Crippen molar-refractivity contribution in [3.8, 4) is 0 Å². The van der Waals surface area contributed by atoms with E-state index in [9.17, 15) is 9.59 Å². The molecule has 0 fully saturated rings. The van der Waals surface area contributed by atoms with Crippen LogP contribution in [0.4, 0.5) is 0 Å². The van der Waals surface area contributed by atoms with E-state index in [-0.39, 0.29) is 36.3 Å². The minimum atomic E-state index is -1.90. The van der Waals surface area contributed by atoms with E-state index in [1.54, 1.807) is 0 Å².